The number of fused-ring (bicyclic) bond motifs is 1. The lowest BCUT2D eigenvalue weighted by Crippen LogP contribution is -2.29. The lowest BCUT2D eigenvalue weighted by atomic mass is 9.85. The minimum atomic E-state index is -0.818. The van der Waals surface area contributed by atoms with Gasteiger partial charge in [0.15, 0.2) is 0 Å². The van der Waals surface area contributed by atoms with Crippen molar-refractivity contribution >= 4 is 0 Å². The maximum absolute atomic E-state index is 13.5. The van der Waals surface area contributed by atoms with Crippen LogP contribution in [0.4, 0.5) is 4.39 Å². The van der Waals surface area contributed by atoms with E-state index in [-0.39, 0.29) is 22.9 Å². The van der Waals surface area contributed by atoms with Crippen molar-refractivity contribution in [2.45, 2.75) is 12.8 Å². The summed E-state index contributed by atoms with van der Waals surface area (Å²) in [6.07, 6.45) is 0. The van der Waals surface area contributed by atoms with Crippen LogP contribution in [0.1, 0.15) is 22.9 Å². The molecule has 7 heteroatoms. The number of hydrogen-bond acceptors (Lipinski definition) is 5. The topological polar surface area (TPSA) is 105 Å². The second-order valence-corrected chi connectivity index (χ2v) is 4.85. The zero-order chi connectivity index (χ0) is 15.9. The molecule has 0 radical (unpaired) electrons. The van der Waals surface area contributed by atoms with E-state index in [4.69, 9.17) is 10.5 Å². The fourth-order valence-corrected chi connectivity index (χ4v) is 2.49. The third kappa shape index (κ3) is 2.11. The molecule has 1 aromatic carbocycles. The SMILES string of the molecule is Cc1nc2c(c(=O)[nH]1)[C@H](c1cccc(F)c1)C(C#N)=C(N)O2. The van der Waals surface area contributed by atoms with E-state index in [2.05, 4.69) is 9.97 Å². The molecule has 0 aliphatic carbocycles. The van der Waals surface area contributed by atoms with Gasteiger partial charge in [0, 0.05) is 0 Å². The molecule has 1 aliphatic heterocycles. The van der Waals surface area contributed by atoms with Gasteiger partial charge in [-0.25, -0.2) is 4.39 Å². The number of aromatic amines is 1. The number of aryl methyl sites for hydroxylation is 1. The number of nitriles is 1. The highest BCUT2D eigenvalue weighted by atomic mass is 19.1. The normalized spacial score (nSPS) is 16.7. The number of rotatable bonds is 1. The molecule has 22 heavy (non-hydrogen) atoms. The van der Waals surface area contributed by atoms with Crippen LogP contribution >= 0.6 is 0 Å². The molecular formula is C15H11FN4O2. The number of halogens is 1. The standard InChI is InChI=1S/C15H11FN4O2/c1-7-19-14(21)12-11(8-3-2-4-9(16)5-8)10(6-17)13(18)22-15(12)20-7/h2-5,11H,18H2,1H3,(H,19,20,21)/t11-/m1/s1. The Kier molecular flexibility index (Phi) is 3.14. The monoisotopic (exact) mass is 298 g/mol. The van der Waals surface area contributed by atoms with Crippen molar-refractivity contribution in [3.05, 3.63) is 68.8 Å². The number of nitrogens with one attached hydrogen (secondary N) is 1. The van der Waals surface area contributed by atoms with Crippen LogP contribution in [0.5, 0.6) is 5.88 Å². The second kappa shape index (κ2) is 5.00. The maximum Gasteiger partial charge on any atom is 0.258 e. The zero-order valence-corrected chi connectivity index (χ0v) is 11.6. The van der Waals surface area contributed by atoms with E-state index in [0.29, 0.717) is 11.4 Å². The highest BCUT2D eigenvalue weighted by Crippen LogP contribution is 2.38. The molecule has 0 bridgehead atoms. The van der Waals surface area contributed by atoms with E-state index in [9.17, 15) is 14.4 Å². The van der Waals surface area contributed by atoms with Gasteiger partial charge in [0.2, 0.25) is 11.8 Å². The van der Waals surface area contributed by atoms with Gasteiger partial charge in [0.05, 0.1) is 11.5 Å². The van der Waals surface area contributed by atoms with Crippen molar-refractivity contribution in [3.63, 3.8) is 0 Å². The molecule has 1 aliphatic rings. The first kappa shape index (κ1) is 13.8. The van der Waals surface area contributed by atoms with Crippen LogP contribution in [0, 0.1) is 24.1 Å². The van der Waals surface area contributed by atoms with Gasteiger partial charge in [-0.3, -0.25) is 4.79 Å². The fourth-order valence-electron chi connectivity index (χ4n) is 2.49. The van der Waals surface area contributed by atoms with Crippen LogP contribution < -0.4 is 16.0 Å². The van der Waals surface area contributed by atoms with Gasteiger partial charge in [-0.15, -0.1) is 0 Å². The number of aromatic nitrogens is 2. The summed E-state index contributed by atoms with van der Waals surface area (Å²) in [5.41, 5.74) is 5.93. The Morgan fingerprint density at radius 2 is 2.27 bits per heavy atom. The Bertz CT molecular complexity index is 895. The lowest BCUT2D eigenvalue weighted by molar-refractivity contribution is 0.373. The molecule has 0 amide bonds. The number of nitrogens with two attached hydrogens (primary N) is 1. The predicted octanol–water partition coefficient (Wildman–Crippen LogP) is 1.44. The number of H-pyrrole nitrogens is 1. The summed E-state index contributed by atoms with van der Waals surface area (Å²) in [4.78, 5) is 18.9. The highest BCUT2D eigenvalue weighted by Gasteiger charge is 2.34. The number of nitrogens with zero attached hydrogens (tertiary/aromatic N) is 2. The van der Waals surface area contributed by atoms with E-state index in [1.165, 1.54) is 18.2 Å². The van der Waals surface area contributed by atoms with Gasteiger partial charge in [-0.2, -0.15) is 10.2 Å². The Labute approximate surface area is 124 Å². The zero-order valence-electron chi connectivity index (χ0n) is 11.6. The summed E-state index contributed by atoms with van der Waals surface area (Å²) in [5, 5.41) is 9.34. The molecule has 0 spiro atoms. The van der Waals surface area contributed by atoms with Gasteiger partial charge in [-0.1, -0.05) is 12.1 Å². The van der Waals surface area contributed by atoms with Crippen LogP contribution in [0.25, 0.3) is 0 Å². The first-order valence-corrected chi connectivity index (χ1v) is 6.45. The van der Waals surface area contributed by atoms with E-state index < -0.39 is 17.3 Å². The molecule has 1 aromatic heterocycles. The third-order valence-electron chi connectivity index (χ3n) is 3.39. The highest BCUT2D eigenvalue weighted by molar-refractivity contribution is 5.52. The van der Waals surface area contributed by atoms with Crippen molar-refractivity contribution < 1.29 is 9.13 Å². The van der Waals surface area contributed by atoms with Gasteiger partial charge in [-0.05, 0) is 24.6 Å². The largest absolute Gasteiger partial charge is 0.422 e. The summed E-state index contributed by atoms with van der Waals surface area (Å²) in [6, 6.07) is 7.58. The minimum absolute atomic E-state index is 0.0343. The molecule has 0 fully saturated rings. The minimum Gasteiger partial charge on any atom is -0.422 e. The average molecular weight is 298 g/mol. The van der Waals surface area contributed by atoms with Gasteiger partial charge in [0.25, 0.3) is 5.56 Å². The number of allylic oxidation sites excluding steroid dienone is 1. The number of ether oxygens (including phenoxy) is 1. The average Bonchev–Trinajstić information content (AvgIpc) is 2.45. The van der Waals surface area contributed by atoms with Crippen molar-refractivity contribution in [1.82, 2.24) is 9.97 Å². The summed E-state index contributed by atoms with van der Waals surface area (Å²) >= 11 is 0. The smallest absolute Gasteiger partial charge is 0.258 e. The molecule has 2 aromatic rings. The molecule has 0 unspecified atom stereocenters. The Morgan fingerprint density at radius 1 is 1.50 bits per heavy atom. The van der Waals surface area contributed by atoms with Gasteiger partial charge < -0.3 is 15.5 Å². The van der Waals surface area contributed by atoms with E-state index >= 15 is 0 Å². The van der Waals surface area contributed by atoms with Crippen LogP contribution in [0.3, 0.4) is 0 Å². The van der Waals surface area contributed by atoms with E-state index in [0.717, 1.165) is 0 Å². The van der Waals surface area contributed by atoms with E-state index in [1.54, 1.807) is 13.0 Å². The molecule has 110 valence electrons. The van der Waals surface area contributed by atoms with Crippen LogP contribution in [-0.2, 0) is 0 Å². The first-order chi connectivity index (χ1) is 10.5. The van der Waals surface area contributed by atoms with Gasteiger partial charge in [0.1, 0.15) is 23.3 Å². The molecule has 3 N–H and O–H groups in total. The van der Waals surface area contributed by atoms with Crippen molar-refractivity contribution in [2.75, 3.05) is 0 Å². The summed E-state index contributed by atoms with van der Waals surface area (Å²) in [6.45, 7) is 1.60. The molecule has 2 heterocycles. The Morgan fingerprint density at radius 3 is 2.95 bits per heavy atom. The maximum atomic E-state index is 13.5. The molecule has 0 saturated carbocycles. The molecule has 6 nitrogen and oxygen atoms in total. The van der Waals surface area contributed by atoms with E-state index in [1.807, 2.05) is 6.07 Å². The van der Waals surface area contributed by atoms with Crippen LogP contribution in [0.15, 0.2) is 40.5 Å². The summed E-state index contributed by atoms with van der Waals surface area (Å²) < 4.78 is 18.8. The van der Waals surface area contributed by atoms with Crippen LogP contribution in [-0.4, -0.2) is 9.97 Å². The Balaban J connectivity index is 2.32. The number of benzene rings is 1. The molecule has 1 atom stereocenters. The molecule has 3 rings (SSSR count). The first-order valence-electron chi connectivity index (χ1n) is 6.45. The van der Waals surface area contributed by atoms with Crippen LogP contribution in [0.2, 0.25) is 0 Å². The molecule has 0 saturated heterocycles. The second-order valence-electron chi connectivity index (χ2n) is 4.85. The summed E-state index contributed by atoms with van der Waals surface area (Å²) in [5.74, 6) is -1.04. The predicted molar refractivity (Wildman–Crippen MR) is 75.3 cm³/mol. The van der Waals surface area contributed by atoms with Gasteiger partial charge >= 0.3 is 0 Å². The van der Waals surface area contributed by atoms with Crippen molar-refractivity contribution in [3.8, 4) is 11.9 Å². The quantitative estimate of drug-likeness (QED) is 0.828. The third-order valence-corrected chi connectivity index (χ3v) is 3.39. The number of hydrogen-bond donors (Lipinski definition) is 2. The fraction of sp³-hybridized carbons (Fsp3) is 0.133. The van der Waals surface area contributed by atoms with Crippen molar-refractivity contribution in [2.24, 2.45) is 5.73 Å². The molecular weight excluding hydrogens is 287 g/mol. The van der Waals surface area contributed by atoms with Crippen molar-refractivity contribution in [1.29, 1.82) is 5.26 Å². The summed E-state index contributed by atoms with van der Waals surface area (Å²) in [7, 11) is 0. The Hall–Kier alpha value is -3.14. The lowest BCUT2D eigenvalue weighted by Gasteiger charge is -2.24.